The molecule has 0 amide bonds. The fourth-order valence-electron chi connectivity index (χ4n) is 2.23. The van der Waals surface area contributed by atoms with Gasteiger partial charge in [0, 0.05) is 6.04 Å². The maximum absolute atomic E-state index is 5.82. The van der Waals surface area contributed by atoms with Crippen LogP contribution < -0.4 is 11.1 Å². The van der Waals surface area contributed by atoms with Crippen molar-refractivity contribution >= 4 is 22.8 Å². The van der Waals surface area contributed by atoms with E-state index in [1.165, 1.54) is 12.8 Å². The molecule has 4 heteroatoms. The first-order valence-electron chi connectivity index (χ1n) is 5.64. The van der Waals surface area contributed by atoms with Crippen LogP contribution in [0.2, 0.25) is 0 Å². The molecule has 1 fully saturated rings. The van der Waals surface area contributed by atoms with Gasteiger partial charge in [0.25, 0.3) is 6.01 Å². The van der Waals surface area contributed by atoms with E-state index in [1.807, 2.05) is 18.2 Å². The van der Waals surface area contributed by atoms with Crippen molar-refractivity contribution in [1.29, 1.82) is 0 Å². The van der Waals surface area contributed by atoms with Gasteiger partial charge in [-0.25, -0.2) is 0 Å². The van der Waals surface area contributed by atoms with Crippen molar-refractivity contribution in [3.05, 3.63) is 18.2 Å². The van der Waals surface area contributed by atoms with Gasteiger partial charge < -0.3 is 15.5 Å². The molecule has 4 nitrogen and oxygen atoms in total. The number of para-hydroxylation sites is 1. The summed E-state index contributed by atoms with van der Waals surface area (Å²) in [6.45, 7) is 2.25. The van der Waals surface area contributed by atoms with Crippen molar-refractivity contribution in [2.24, 2.45) is 5.92 Å². The number of hydrogen-bond acceptors (Lipinski definition) is 4. The minimum atomic E-state index is 0.504. The van der Waals surface area contributed by atoms with Gasteiger partial charge in [-0.05, 0) is 30.9 Å². The van der Waals surface area contributed by atoms with Gasteiger partial charge in [0.15, 0.2) is 5.58 Å². The standard InChI is InChI=1S/C12H15N3O/c1-7-5-8(6-7)14-12-15-11-9(13)3-2-4-10(11)16-12/h2-4,7-8H,5-6,13H2,1H3,(H,14,15). The number of benzene rings is 1. The van der Waals surface area contributed by atoms with Gasteiger partial charge in [-0.15, -0.1) is 0 Å². The van der Waals surface area contributed by atoms with Crippen LogP contribution in [0.1, 0.15) is 19.8 Å². The van der Waals surface area contributed by atoms with Crippen molar-refractivity contribution < 1.29 is 4.42 Å². The molecule has 1 aromatic carbocycles. The second kappa shape index (κ2) is 3.40. The third-order valence-electron chi connectivity index (χ3n) is 3.15. The maximum Gasteiger partial charge on any atom is 0.295 e. The number of rotatable bonds is 2. The maximum atomic E-state index is 5.82. The topological polar surface area (TPSA) is 64.1 Å². The summed E-state index contributed by atoms with van der Waals surface area (Å²) < 4.78 is 5.59. The molecule has 0 atom stereocenters. The first-order chi connectivity index (χ1) is 7.72. The molecule has 0 saturated heterocycles. The number of nitrogens with zero attached hydrogens (tertiary/aromatic N) is 1. The molecule has 1 heterocycles. The Morgan fingerprint density at radius 1 is 1.44 bits per heavy atom. The summed E-state index contributed by atoms with van der Waals surface area (Å²) in [5.74, 6) is 0.812. The fourth-order valence-corrected chi connectivity index (χ4v) is 2.23. The summed E-state index contributed by atoms with van der Waals surface area (Å²) in [4.78, 5) is 4.36. The number of anilines is 2. The first-order valence-corrected chi connectivity index (χ1v) is 5.64. The lowest BCUT2D eigenvalue weighted by Gasteiger charge is -2.32. The molecule has 16 heavy (non-hydrogen) atoms. The lowest BCUT2D eigenvalue weighted by atomic mass is 9.82. The molecule has 84 valence electrons. The van der Waals surface area contributed by atoms with Gasteiger partial charge in [0.05, 0.1) is 5.69 Å². The largest absolute Gasteiger partial charge is 0.423 e. The van der Waals surface area contributed by atoms with Crippen molar-refractivity contribution in [3.63, 3.8) is 0 Å². The highest BCUT2D eigenvalue weighted by molar-refractivity contribution is 5.86. The van der Waals surface area contributed by atoms with Crippen LogP contribution >= 0.6 is 0 Å². The van der Waals surface area contributed by atoms with Crippen LogP contribution in [0.3, 0.4) is 0 Å². The Hall–Kier alpha value is -1.71. The van der Waals surface area contributed by atoms with E-state index in [0.717, 1.165) is 17.0 Å². The number of nitrogen functional groups attached to an aromatic ring is 1. The third-order valence-corrected chi connectivity index (χ3v) is 3.15. The van der Waals surface area contributed by atoms with Crippen molar-refractivity contribution in [2.75, 3.05) is 11.1 Å². The highest BCUT2D eigenvalue weighted by Crippen LogP contribution is 2.31. The Bertz CT molecular complexity index is 514. The van der Waals surface area contributed by atoms with Crippen LogP contribution in [0.5, 0.6) is 0 Å². The molecule has 1 saturated carbocycles. The van der Waals surface area contributed by atoms with Gasteiger partial charge in [-0.3, -0.25) is 0 Å². The van der Waals surface area contributed by atoms with Crippen LogP contribution in [0, 0.1) is 5.92 Å². The van der Waals surface area contributed by atoms with E-state index >= 15 is 0 Å². The number of hydrogen-bond donors (Lipinski definition) is 2. The summed E-state index contributed by atoms with van der Waals surface area (Å²) in [5, 5.41) is 3.29. The predicted octanol–water partition coefficient (Wildman–Crippen LogP) is 2.62. The second-order valence-electron chi connectivity index (χ2n) is 4.63. The zero-order valence-electron chi connectivity index (χ0n) is 9.23. The van der Waals surface area contributed by atoms with Crippen LogP contribution in [-0.2, 0) is 0 Å². The number of aromatic nitrogens is 1. The van der Waals surface area contributed by atoms with Crippen LogP contribution in [0.4, 0.5) is 11.7 Å². The average Bonchev–Trinajstić information content (AvgIpc) is 2.60. The molecule has 0 radical (unpaired) electrons. The van der Waals surface area contributed by atoms with E-state index in [4.69, 9.17) is 10.2 Å². The molecule has 1 aliphatic carbocycles. The van der Waals surface area contributed by atoms with Crippen molar-refractivity contribution in [2.45, 2.75) is 25.8 Å². The molecule has 0 spiro atoms. The van der Waals surface area contributed by atoms with Crippen molar-refractivity contribution in [3.8, 4) is 0 Å². The Morgan fingerprint density at radius 3 is 2.94 bits per heavy atom. The molecule has 3 rings (SSSR count). The van der Waals surface area contributed by atoms with Gasteiger partial charge in [-0.1, -0.05) is 13.0 Å². The zero-order chi connectivity index (χ0) is 11.1. The fraction of sp³-hybridized carbons (Fsp3) is 0.417. The second-order valence-corrected chi connectivity index (χ2v) is 4.63. The molecule has 0 aliphatic heterocycles. The molecule has 0 unspecified atom stereocenters. The Labute approximate surface area is 93.8 Å². The summed E-state index contributed by atoms with van der Waals surface area (Å²) in [6.07, 6.45) is 2.38. The Balaban J connectivity index is 1.85. The number of nitrogens with two attached hydrogens (primary N) is 1. The Kier molecular flexibility index (Phi) is 2.02. The smallest absolute Gasteiger partial charge is 0.295 e. The predicted molar refractivity (Wildman–Crippen MR) is 64.2 cm³/mol. The Morgan fingerprint density at radius 2 is 2.25 bits per heavy atom. The molecule has 2 aromatic rings. The third kappa shape index (κ3) is 1.50. The number of oxazole rings is 1. The highest BCUT2D eigenvalue weighted by Gasteiger charge is 2.26. The summed E-state index contributed by atoms with van der Waals surface area (Å²) in [6, 6.07) is 6.68. The molecular formula is C12H15N3O. The molecule has 1 aromatic heterocycles. The summed E-state index contributed by atoms with van der Waals surface area (Å²) in [7, 11) is 0. The van der Waals surface area contributed by atoms with Crippen molar-refractivity contribution in [1.82, 2.24) is 4.98 Å². The van der Waals surface area contributed by atoms with E-state index < -0.39 is 0 Å². The van der Waals surface area contributed by atoms with Gasteiger partial charge in [-0.2, -0.15) is 4.98 Å². The van der Waals surface area contributed by atoms with E-state index in [9.17, 15) is 0 Å². The lowest BCUT2D eigenvalue weighted by molar-refractivity contribution is 0.304. The van der Waals surface area contributed by atoms with E-state index in [2.05, 4.69) is 17.2 Å². The van der Waals surface area contributed by atoms with Crippen LogP contribution in [0.25, 0.3) is 11.1 Å². The van der Waals surface area contributed by atoms with Gasteiger partial charge >= 0.3 is 0 Å². The van der Waals surface area contributed by atoms with Crippen LogP contribution in [0.15, 0.2) is 22.6 Å². The van der Waals surface area contributed by atoms with Gasteiger partial charge in [0.1, 0.15) is 5.52 Å². The van der Waals surface area contributed by atoms with E-state index in [1.54, 1.807) is 0 Å². The summed E-state index contributed by atoms with van der Waals surface area (Å²) >= 11 is 0. The summed E-state index contributed by atoms with van der Waals surface area (Å²) in [5.41, 5.74) is 7.97. The number of nitrogens with one attached hydrogen (secondary N) is 1. The molecule has 3 N–H and O–H groups in total. The SMILES string of the molecule is CC1CC(Nc2nc3c(N)cccc3o2)C1. The monoisotopic (exact) mass is 217 g/mol. The zero-order valence-corrected chi connectivity index (χ0v) is 9.23. The quantitative estimate of drug-likeness (QED) is 0.759. The van der Waals surface area contributed by atoms with E-state index in [-0.39, 0.29) is 0 Å². The van der Waals surface area contributed by atoms with E-state index in [0.29, 0.717) is 17.7 Å². The minimum absolute atomic E-state index is 0.504. The molecule has 1 aliphatic rings. The average molecular weight is 217 g/mol. The normalized spacial score (nSPS) is 24.3. The highest BCUT2D eigenvalue weighted by atomic mass is 16.4. The molecular weight excluding hydrogens is 202 g/mol. The first kappa shape index (κ1) is 9.51. The minimum Gasteiger partial charge on any atom is -0.423 e. The number of fused-ring (bicyclic) bond motifs is 1. The lowest BCUT2D eigenvalue weighted by Crippen LogP contribution is -2.33. The molecule has 0 bridgehead atoms. The van der Waals surface area contributed by atoms with Gasteiger partial charge in [0.2, 0.25) is 0 Å². The van der Waals surface area contributed by atoms with Crippen LogP contribution in [-0.4, -0.2) is 11.0 Å².